The van der Waals surface area contributed by atoms with E-state index in [1.807, 2.05) is 0 Å². The Hall–Kier alpha value is -2.73. The number of aromatic nitrogens is 1. The van der Waals surface area contributed by atoms with Crippen LogP contribution >= 0.6 is 11.3 Å². The Bertz CT molecular complexity index is 1020. The van der Waals surface area contributed by atoms with Crippen LogP contribution in [0.3, 0.4) is 0 Å². The van der Waals surface area contributed by atoms with Crippen molar-refractivity contribution < 1.29 is 9.59 Å². The van der Waals surface area contributed by atoms with E-state index in [0.717, 1.165) is 69.4 Å². The van der Waals surface area contributed by atoms with Gasteiger partial charge in [0, 0.05) is 11.3 Å². The number of carbonyl (C=O) groups is 2. The Kier molecular flexibility index (Phi) is 17.6. The van der Waals surface area contributed by atoms with E-state index in [-0.39, 0.29) is 11.8 Å². The predicted molar refractivity (Wildman–Crippen MR) is 172 cm³/mol. The van der Waals surface area contributed by atoms with Gasteiger partial charge in [-0.2, -0.15) is 0 Å². The number of unbranched alkanes of at least 4 members (excludes halogenated alkanes) is 2. The number of anilines is 1. The lowest BCUT2D eigenvalue weighted by Crippen LogP contribution is -2.41. The molecule has 40 heavy (non-hydrogen) atoms. The number of amides is 2. The van der Waals surface area contributed by atoms with Crippen LogP contribution in [0.4, 0.5) is 5.13 Å². The molecule has 0 bridgehead atoms. The average Bonchev–Trinajstić information content (AvgIpc) is 3.35. The van der Waals surface area contributed by atoms with Gasteiger partial charge in [0.25, 0.3) is 0 Å². The molecule has 0 unspecified atom stereocenters. The zero-order valence-electron chi connectivity index (χ0n) is 25.0. The predicted octanol–water partition coefficient (Wildman–Crippen LogP) is 8.80. The third kappa shape index (κ3) is 14.6. The molecule has 0 spiro atoms. The first-order valence-electron chi connectivity index (χ1n) is 15.4. The van der Waals surface area contributed by atoms with Crippen molar-refractivity contribution in [2.75, 3.05) is 5.32 Å². The van der Waals surface area contributed by atoms with Gasteiger partial charge in [-0.25, -0.2) is 4.98 Å². The summed E-state index contributed by atoms with van der Waals surface area (Å²) in [5, 5.41) is 6.40. The van der Waals surface area contributed by atoms with Gasteiger partial charge >= 0.3 is 0 Å². The summed E-state index contributed by atoms with van der Waals surface area (Å²) >= 11 is 1.60. The fraction of sp³-hybridized carbons (Fsp3) is 0.559. The number of nitrogens with zero attached hydrogens (tertiary/aromatic N) is 1. The van der Waals surface area contributed by atoms with Crippen LogP contribution in [0.5, 0.6) is 0 Å². The molecule has 0 aromatic carbocycles. The minimum absolute atomic E-state index is 0.0906. The van der Waals surface area contributed by atoms with Crippen LogP contribution in [0.1, 0.15) is 108 Å². The summed E-state index contributed by atoms with van der Waals surface area (Å²) in [6.07, 6.45) is 35.9. The zero-order chi connectivity index (χ0) is 28.8. The molecule has 220 valence electrons. The quantitative estimate of drug-likeness (QED) is 0.130. The van der Waals surface area contributed by atoms with Gasteiger partial charge in [0.2, 0.25) is 11.8 Å². The zero-order valence-corrected chi connectivity index (χ0v) is 25.8. The van der Waals surface area contributed by atoms with Gasteiger partial charge in [0.15, 0.2) is 5.13 Å². The molecular formula is C34H51N3O2S. The Morgan fingerprint density at radius 3 is 2.17 bits per heavy atom. The molecule has 2 amide bonds. The average molecular weight is 566 g/mol. The number of thiazole rings is 1. The highest BCUT2D eigenvalue weighted by atomic mass is 32.1. The summed E-state index contributed by atoms with van der Waals surface area (Å²) in [4.78, 5) is 30.9. The first-order chi connectivity index (χ1) is 19.5. The van der Waals surface area contributed by atoms with E-state index >= 15 is 0 Å². The molecule has 6 heteroatoms. The van der Waals surface area contributed by atoms with E-state index in [2.05, 4.69) is 90.2 Å². The molecule has 2 N–H and O–H groups in total. The maximum atomic E-state index is 12.6. The van der Waals surface area contributed by atoms with Gasteiger partial charge in [-0.15, -0.1) is 11.3 Å². The third-order valence-corrected chi connectivity index (χ3v) is 7.98. The number of rotatable bonds is 19. The standard InChI is InChI=1S/C34H51N3O2S/c1-4-6-8-9-10-11-12-13-14-15-16-17-18-19-20-21-22-24-32(38)35-28(3)33(39)37-34-36-30-26-25-29(23-7-5-2)27-31(30)40-34/h6,8,10-11,13-14,16-17,19-20,28-29H,4-5,7,9,12,15,18,21-27H2,1-3H3,(H,35,38)(H,36,37,39)/b8-6-,11-10-,14-13-,17-16-,20-19-/t28-,29+/m0/s1. The number of carbonyl (C=O) groups excluding carboxylic acids is 2. The fourth-order valence-corrected chi connectivity index (χ4v) is 5.70. The highest BCUT2D eigenvalue weighted by molar-refractivity contribution is 7.15. The van der Waals surface area contributed by atoms with Crippen molar-refractivity contribution in [3.05, 3.63) is 71.3 Å². The Balaban J connectivity index is 1.54. The maximum absolute atomic E-state index is 12.6. The normalized spacial score (nSPS) is 16.5. The van der Waals surface area contributed by atoms with Crippen LogP contribution in [0.2, 0.25) is 0 Å². The van der Waals surface area contributed by atoms with Gasteiger partial charge in [-0.1, -0.05) is 93.9 Å². The van der Waals surface area contributed by atoms with Crippen molar-refractivity contribution in [1.29, 1.82) is 0 Å². The number of aryl methyl sites for hydroxylation is 1. The molecule has 1 aromatic rings. The van der Waals surface area contributed by atoms with Crippen LogP contribution in [0.25, 0.3) is 0 Å². The molecule has 1 heterocycles. The molecule has 5 nitrogen and oxygen atoms in total. The van der Waals surface area contributed by atoms with Crippen molar-refractivity contribution >= 4 is 28.3 Å². The maximum Gasteiger partial charge on any atom is 0.248 e. The summed E-state index contributed by atoms with van der Waals surface area (Å²) in [6, 6.07) is -0.584. The van der Waals surface area contributed by atoms with Gasteiger partial charge in [-0.05, 0) is 77.0 Å². The highest BCUT2D eigenvalue weighted by Crippen LogP contribution is 2.34. The molecule has 0 radical (unpaired) electrons. The second-order valence-electron chi connectivity index (χ2n) is 10.5. The van der Waals surface area contributed by atoms with E-state index < -0.39 is 6.04 Å². The second kappa shape index (κ2) is 21.1. The molecule has 0 saturated heterocycles. The van der Waals surface area contributed by atoms with Crippen molar-refractivity contribution in [2.24, 2.45) is 5.92 Å². The molecule has 0 fully saturated rings. The SMILES string of the molecule is CC/C=C\C/C=C\C/C=C\C/C=C\C/C=C\CCCC(=O)N[C@@H](C)C(=O)Nc1nc2c(s1)C[C@H](CCCC)CC2. The topological polar surface area (TPSA) is 71.1 Å². The summed E-state index contributed by atoms with van der Waals surface area (Å²) in [7, 11) is 0. The first kappa shape index (κ1) is 33.5. The Morgan fingerprint density at radius 2 is 1.55 bits per heavy atom. The van der Waals surface area contributed by atoms with Crippen LogP contribution in [-0.2, 0) is 22.4 Å². The number of fused-ring (bicyclic) bond motifs is 1. The van der Waals surface area contributed by atoms with Crippen LogP contribution in [0.15, 0.2) is 60.8 Å². The lowest BCUT2D eigenvalue weighted by Gasteiger charge is -2.20. The monoisotopic (exact) mass is 565 g/mol. The summed E-state index contributed by atoms with van der Waals surface area (Å²) < 4.78 is 0. The lowest BCUT2D eigenvalue weighted by atomic mass is 9.87. The molecule has 1 aromatic heterocycles. The fourth-order valence-electron chi connectivity index (χ4n) is 4.58. The van der Waals surface area contributed by atoms with Crippen LogP contribution in [-0.4, -0.2) is 22.8 Å². The van der Waals surface area contributed by atoms with E-state index in [1.165, 1.54) is 30.6 Å². The van der Waals surface area contributed by atoms with E-state index in [1.54, 1.807) is 18.3 Å². The van der Waals surface area contributed by atoms with Crippen molar-refractivity contribution in [2.45, 2.75) is 117 Å². The van der Waals surface area contributed by atoms with Gasteiger partial charge < -0.3 is 10.6 Å². The van der Waals surface area contributed by atoms with E-state index in [9.17, 15) is 9.59 Å². The van der Waals surface area contributed by atoms with Crippen molar-refractivity contribution in [1.82, 2.24) is 10.3 Å². The lowest BCUT2D eigenvalue weighted by molar-refractivity contribution is -0.126. The Morgan fingerprint density at radius 1 is 0.925 bits per heavy atom. The largest absolute Gasteiger partial charge is 0.345 e. The number of hydrogen-bond acceptors (Lipinski definition) is 4. The van der Waals surface area contributed by atoms with Crippen LogP contribution < -0.4 is 10.6 Å². The number of allylic oxidation sites excluding steroid dienone is 10. The molecule has 1 aliphatic rings. The molecule has 0 aliphatic heterocycles. The van der Waals surface area contributed by atoms with Gasteiger partial charge in [0.1, 0.15) is 6.04 Å². The molecule has 2 rings (SSSR count). The van der Waals surface area contributed by atoms with Crippen molar-refractivity contribution in [3.63, 3.8) is 0 Å². The minimum atomic E-state index is -0.584. The van der Waals surface area contributed by atoms with E-state index in [4.69, 9.17) is 0 Å². The van der Waals surface area contributed by atoms with E-state index in [0.29, 0.717) is 11.6 Å². The van der Waals surface area contributed by atoms with Gasteiger partial charge in [0.05, 0.1) is 5.69 Å². The van der Waals surface area contributed by atoms with Crippen molar-refractivity contribution in [3.8, 4) is 0 Å². The minimum Gasteiger partial charge on any atom is -0.345 e. The third-order valence-electron chi connectivity index (χ3n) is 6.94. The number of hydrogen-bond donors (Lipinski definition) is 2. The smallest absolute Gasteiger partial charge is 0.248 e. The number of nitrogens with one attached hydrogen (secondary N) is 2. The molecule has 2 atom stereocenters. The van der Waals surface area contributed by atoms with Gasteiger partial charge in [-0.3, -0.25) is 9.59 Å². The summed E-state index contributed by atoms with van der Waals surface area (Å²) in [5.74, 6) is 0.441. The highest BCUT2D eigenvalue weighted by Gasteiger charge is 2.24. The molecule has 1 aliphatic carbocycles. The molecule has 0 saturated carbocycles. The molecular weight excluding hydrogens is 514 g/mol. The second-order valence-corrected chi connectivity index (χ2v) is 11.6. The summed E-state index contributed by atoms with van der Waals surface area (Å²) in [5.41, 5.74) is 1.14. The summed E-state index contributed by atoms with van der Waals surface area (Å²) in [6.45, 7) is 6.11. The first-order valence-corrected chi connectivity index (χ1v) is 16.2. The van der Waals surface area contributed by atoms with Crippen LogP contribution in [0, 0.1) is 5.92 Å². The Labute approximate surface area is 247 Å².